The van der Waals surface area contributed by atoms with Crippen molar-refractivity contribution >= 4 is 40.4 Å². The molecule has 32 heavy (non-hydrogen) atoms. The van der Waals surface area contributed by atoms with Crippen LogP contribution in [-0.2, 0) is 19.1 Å². The summed E-state index contributed by atoms with van der Waals surface area (Å²) in [6, 6.07) is 4.50. The Hall–Kier alpha value is -3.09. The molecule has 0 aliphatic carbocycles. The number of anilines is 1. The van der Waals surface area contributed by atoms with Crippen molar-refractivity contribution in [2.24, 2.45) is 0 Å². The summed E-state index contributed by atoms with van der Waals surface area (Å²) >= 11 is 6.54. The van der Waals surface area contributed by atoms with Crippen LogP contribution < -0.4 is 10.6 Å². The van der Waals surface area contributed by atoms with E-state index in [4.69, 9.17) is 16.7 Å². The molecular weight excluding hydrogens is 471 g/mol. The van der Waals surface area contributed by atoms with Gasteiger partial charge in [-0.3, -0.25) is 9.59 Å². The Morgan fingerprint density at radius 3 is 2.62 bits per heavy atom. The first-order chi connectivity index (χ1) is 15.2. The molecule has 168 valence electrons. The maximum atomic E-state index is 13.0. The minimum absolute atomic E-state index is 0.00921. The summed E-state index contributed by atoms with van der Waals surface area (Å²) in [5.41, 5.74) is -0.508. The third-order valence-corrected chi connectivity index (χ3v) is 5.36. The van der Waals surface area contributed by atoms with Crippen LogP contribution in [0.4, 0.5) is 18.9 Å². The molecule has 1 aromatic carbocycles. The molecule has 0 atom stereocenters. The van der Waals surface area contributed by atoms with Crippen LogP contribution in [0.1, 0.15) is 36.4 Å². The van der Waals surface area contributed by atoms with E-state index in [0.29, 0.717) is 10.7 Å². The van der Waals surface area contributed by atoms with Crippen molar-refractivity contribution in [3.63, 3.8) is 0 Å². The molecule has 2 aromatic heterocycles. The fraction of sp³-hybridized carbons (Fsp3) is 0.211. The van der Waals surface area contributed by atoms with Crippen molar-refractivity contribution in [3.8, 4) is 0 Å². The molecule has 0 spiro atoms. The summed E-state index contributed by atoms with van der Waals surface area (Å²) in [4.78, 5) is 36.6. The van der Waals surface area contributed by atoms with Crippen LogP contribution in [0.25, 0.3) is 0 Å². The Kier molecular flexibility index (Phi) is 7.38. The molecule has 0 fully saturated rings. The summed E-state index contributed by atoms with van der Waals surface area (Å²) in [5, 5.41) is 13.8. The minimum Gasteiger partial charge on any atom is -0.396 e. The van der Waals surface area contributed by atoms with Crippen LogP contribution in [-0.4, -0.2) is 38.5 Å². The summed E-state index contributed by atoms with van der Waals surface area (Å²) in [5.74, 6) is -1.14. The predicted molar refractivity (Wildman–Crippen MR) is 111 cm³/mol. The van der Waals surface area contributed by atoms with Gasteiger partial charge in [0.1, 0.15) is 21.9 Å². The van der Waals surface area contributed by atoms with Crippen molar-refractivity contribution in [1.82, 2.24) is 20.3 Å². The van der Waals surface area contributed by atoms with Gasteiger partial charge in [-0.25, -0.2) is 15.0 Å². The molecule has 2 amide bonds. The average Bonchev–Trinajstić information content (AvgIpc) is 3.22. The largest absolute Gasteiger partial charge is 0.417 e. The SMILES string of the molecule is O=C(NCc1ncc(C(=O)Nc2ccc(Cl)c(C(F)(F)F)c2)s1)c1cc(CCO)ncn1. The van der Waals surface area contributed by atoms with Gasteiger partial charge in [0, 0.05) is 24.4 Å². The van der Waals surface area contributed by atoms with Gasteiger partial charge < -0.3 is 15.7 Å². The second-order valence-electron chi connectivity index (χ2n) is 6.32. The first-order valence-electron chi connectivity index (χ1n) is 9.00. The van der Waals surface area contributed by atoms with Crippen LogP contribution in [0.2, 0.25) is 5.02 Å². The second kappa shape index (κ2) is 10.0. The van der Waals surface area contributed by atoms with Crippen molar-refractivity contribution in [2.75, 3.05) is 11.9 Å². The fourth-order valence-electron chi connectivity index (χ4n) is 2.53. The van der Waals surface area contributed by atoms with Crippen molar-refractivity contribution in [3.05, 3.63) is 68.6 Å². The monoisotopic (exact) mass is 485 g/mol. The molecule has 0 saturated carbocycles. The molecule has 3 rings (SSSR count). The molecule has 0 unspecified atom stereocenters. The maximum Gasteiger partial charge on any atom is 0.417 e. The number of halogens is 4. The van der Waals surface area contributed by atoms with E-state index in [0.717, 1.165) is 23.5 Å². The van der Waals surface area contributed by atoms with Crippen LogP contribution in [0.5, 0.6) is 0 Å². The zero-order chi connectivity index (χ0) is 23.3. The number of hydrogen-bond donors (Lipinski definition) is 3. The first kappa shape index (κ1) is 23.6. The van der Waals surface area contributed by atoms with Gasteiger partial charge in [-0.1, -0.05) is 11.6 Å². The van der Waals surface area contributed by atoms with Gasteiger partial charge in [0.25, 0.3) is 11.8 Å². The fourth-order valence-corrected chi connectivity index (χ4v) is 3.51. The molecule has 0 radical (unpaired) electrons. The highest BCUT2D eigenvalue weighted by Crippen LogP contribution is 2.36. The Bertz CT molecular complexity index is 1140. The molecule has 0 saturated heterocycles. The lowest BCUT2D eigenvalue weighted by Gasteiger charge is -2.11. The van der Waals surface area contributed by atoms with E-state index in [1.54, 1.807) is 0 Å². The van der Waals surface area contributed by atoms with E-state index in [1.807, 2.05) is 0 Å². The summed E-state index contributed by atoms with van der Waals surface area (Å²) in [7, 11) is 0. The van der Waals surface area contributed by atoms with Crippen molar-refractivity contribution in [2.45, 2.75) is 19.1 Å². The number of amides is 2. The van der Waals surface area contributed by atoms with Crippen LogP contribution in [0.15, 0.2) is 36.8 Å². The van der Waals surface area contributed by atoms with Crippen LogP contribution >= 0.6 is 22.9 Å². The third kappa shape index (κ3) is 5.99. The number of benzene rings is 1. The predicted octanol–water partition coefficient (Wildman–Crippen LogP) is 3.32. The van der Waals surface area contributed by atoms with E-state index >= 15 is 0 Å². The zero-order valence-corrected chi connectivity index (χ0v) is 17.7. The lowest BCUT2D eigenvalue weighted by Crippen LogP contribution is -2.24. The number of carbonyl (C=O) groups is 2. The molecular formula is C19H15ClF3N5O3S. The van der Waals surface area contributed by atoms with Crippen molar-refractivity contribution < 1.29 is 27.9 Å². The minimum atomic E-state index is -4.66. The lowest BCUT2D eigenvalue weighted by molar-refractivity contribution is -0.137. The number of nitrogens with zero attached hydrogens (tertiary/aromatic N) is 3. The number of aliphatic hydroxyl groups is 1. The summed E-state index contributed by atoms with van der Waals surface area (Å²) in [6.45, 7) is -0.106. The van der Waals surface area contributed by atoms with E-state index < -0.39 is 28.6 Å². The van der Waals surface area contributed by atoms with Crippen molar-refractivity contribution in [1.29, 1.82) is 0 Å². The Morgan fingerprint density at radius 2 is 1.91 bits per heavy atom. The van der Waals surface area contributed by atoms with Gasteiger partial charge in [0.05, 0.1) is 23.3 Å². The normalized spacial score (nSPS) is 11.3. The summed E-state index contributed by atoms with van der Waals surface area (Å²) in [6.07, 6.45) is -1.90. The second-order valence-corrected chi connectivity index (χ2v) is 7.84. The molecule has 3 N–H and O–H groups in total. The topological polar surface area (TPSA) is 117 Å². The summed E-state index contributed by atoms with van der Waals surface area (Å²) < 4.78 is 38.9. The highest BCUT2D eigenvalue weighted by Gasteiger charge is 2.33. The van der Waals surface area contributed by atoms with Gasteiger partial charge in [-0.05, 0) is 24.3 Å². The number of hydrogen-bond acceptors (Lipinski definition) is 7. The number of carbonyl (C=O) groups excluding carboxylic acids is 2. The zero-order valence-electron chi connectivity index (χ0n) is 16.1. The number of nitrogens with one attached hydrogen (secondary N) is 2. The molecule has 13 heteroatoms. The number of alkyl halides is 3. The third-order valence-electron chi connectivity index (χ3n) is 4.03. The van der Waals surface area contributed by atoms with E-state index in [1.165, 1.54) is 24.7 Å². The number of aromatic nitrogens is 3. The Labute approximate surface area is 188 Å². The highest BCUT2D eigenvalue weighted by molar-refractivity contribution is 7.13. The molecule has 2 heterocycles. The van der Waals surface area contributed by atoms with E-state index in [9.17, 15) is 22.8 Å². The number of aliphatic hydroxyl groups excluding tert-OH is 1. The molecule has 0 bridgehead atoms. The van der Waals surface area contributed by atoms with E-state index in [-0.39, 0.29) is 35.8 Å². The Morgan fingerprint density at radius 1 is 1.12 bits per heavy atom. The standard InChI is InChI=1S/C19H15ClF3N5O3S/c20-13-2-1-11(5-12(13)19(21,22)23)28-18(31)15-7-24-16(32-15)8-25-17(30)14-6-10(3-4-29)26-9-27-14/h1-2,5-7,9,29H,3-4,8H2,(H,25,30)(H,28,31). The molecule has 3 aromatic rings. The van der Waals surface area contributed by atoms with Gasteiger partial charge in [0.2, 0.25) is 0 Å². The first-order valence-corrected chi connectivity index (χ1v) is 10.2. The number of rotatable bonds is 7. The maximum absolute atomic E-state index is 13.0. The van der Waals surface area contributed by atoms with Gasteiger partial charge in [0.15, 0.2) is 0 Å². The van der Waals surface area contributed by atoms with E-state index in [2.05, 4.69) is 25.6 Å². The average molecular weight is 486 g/mol. The quantitative estimate of drug-likeness (QED) is 0.472. The lowest BCUT2D eigenvalue weighted by atomic mass is 10.2. The molecule has 0 aliphatic heterocycles. The van der Waals surface area contributed by atoms with Gasteiger partial charge in [-0.2, -0.15) is 13.2 Å². The van der Waals surface area contributed by atoms with Crippen LogP contribution in [0, 0.1) is 0 Å². The molecule has 8 nitrogen and oxygen atoms in total. The highest BCUT2D eigenvalue weighted by atomic mass is 35.5. The number of thiazole rings is 1. The van der Waals surface area contributed by atoms with Crippen LogP contribution in [0.3, 0.4) is 0 Å². The van der Waals surface area contributed by atoms with Gasteiger partial charge >= 0.3 is 6.18 Å². The smallest absolute Gasteiger partial charge is 0.396 e. The Balaban J connectivity index is 1.61. The molecule has 0 aliphatic rings. The van der Waals surface area contributed by atoms with Gasteiger partial charge in [-0.15, -0.1) is 11.3 Å².